The van der Waals surface area contributed by atoms with Crippen LogP contribution in [0, 0.1) is 0 Å². The van der Waals surface area contributed by atoms with Crippen molar-refractivity contribution >= 4 is 73.8 Å². The van der Waals surface area contributed by atoms with Crippen LogP contribution in [0.3, 0.4) is 0 Å². The average Bonchev–Trinajstić information content (AvgIpc) is 3.51. The molecule has 0 unspecified atom stereocenters. The van der Waals surface area contributed by atoms with Gasteiger partial charge in [-0.3, -0.25) is 9.36 Å². The number of carbonyl (C=O) groups is 1. The van der Waals surface area contributed by atoms with Gasteiger partial charge in [-0.15, -0.1) is 0 Å². The van der Waals surface area contributed by atoms with E-state index < -0.39 is 14.3 Å². The molecule has 7 aromatic carbocycles. The molecular weight excluding hydrogens is 640 g/mol. The first-order valence-corrected chi connectivity index (χ1v) is 19.5. The van der Waals surface area contributed by atoms with Gasteiger partial charge in [0.15, 0.2) is 14.3 Å². The zero-order chi connectivity index (χ0) is 33.4. The van der Waals surface area contributed by atoms with Crippen LogP contribution < -0.4 is 31.8 Å². The summed E-state index contributed by atoms with van der Waals surface area (Å²) in [6, 6.07) is 58.9. The first-order chi connectivity index (χ1) is 24.0. The Morgan fingerprint density at radius 3 is 1.00 bits per heavy atom. The van der Waals surface area contributed by atoms with Crippen molar-refractivity contribution in [3.8, 4) is 0 Å². The van der Waals surface area contributed by atoms with Crippen molar-refractivity contribution in [2.45, 2.75) is 0 Å². The van der Waals surface area contributed by atoms with Gasteiger partial charge < -0.3 is 9.13 Å². The molecule has 0 saturated carbocycles. The largest absolute Gasteiger partial charge is 0.309 e. The van der Waals surface area contributed by atoms with Gasteiger partial charge in [0, 0.05) is 48.2 Å². The maximum absolute atomic E-state index is 15.4. The zero-order valence-electron chi connectivity index (χ0n) is 26.5. The zero-order valence-corrected chi connectivity index (χ0v) is 28.3. The fourth-order valence-corrected chi connectivity index (χ4v) is 12.1. The van der Waals surface area contributed by atoms with Crippen LogP contribution in [0.4, 0.5) is 0 Å². The molecule has 0 bridgehead atoms. The summed E-state index contributed by atoms with van der Waals surface area (Å²) in [7, 11) is -6.64. The summed E-state index contributed by atoms with van der Waals surface area (Å²) in [5.41, 5.74) is 1.92. The van der Waals surface area contributed by atoms with Gasteiger partial charge in [-0.2, -0.15) is 0 Å². The molecule has 0 N–H and O–H groups in total. The first kappa shape index (κ1) is 30.8. The van der Waals surface area contributed by atoms with E-state index in [4.69, 9.17) is 0 Å². The quantitative estimate of drug-likeness (QED) is 0.163. The SMILES string of the molecule is O=C(c1ccccc1)n1c2ccc(P(=O)(c3ccccc3)c3ccccc3)cc2c2cc(P(=O)(c3ccccc3)c3ccccc3)ccc21. The second-order valence-corrected chi connectivity index (χ2v) is 17.5. The molecule has 4 nitrogen and oxygen atoms in total. The molecule has 1 heterocycles. The molecule has 0 atom stereocenters. The van der Waals surface area contributed by atoms with Crippen LogP contribution in [-0.2, 0) is 9.13 Å². The van der Waals surface area contributed by atoms with Gasteiger partial charge in [0.2, 0.25) is 0 Å². The average molecular weight is 672 g/mol. The lowest BCUT2D eigenvalue weighted by molar-refractivity contribution is 0.0969. The highest BCUT2D eigenvalue weighted by Gasteiger charge is 2.33. The second kappa shape index (κ2) is 12.5. The maximum Gasteiger partial charge on any atom is 0.262 e. The lowest BCUT2D eigenvalue weighted by Gasteiger charge is -2.20. The Morgan fingerprint density at radius 2 is 0.673 bits per heavy atom. The Bertz CT molecular complexity index is 2310. The number of nitrogens with zero attached hydrogens (tertiary/aromatic N) is 1. The molecule has 0 aliphatic rings. The fourth-order valence-electron chi connectivity index (χ4n) is 6.77. The molecule has 0 radical (unpaired) electrons. The number of rotatable bonds is 7. The number of hydrogen-bond acceptors (Lipinski definition) is 3. The maximum atomic E-state index is 15.4. The van der Waals surface area contributed by atoms with E-state index in [0.717, 1.165) is 32.0 Å². The minimum atomic E-state index is -3.32. The van der Waals surface area contributed by atoms with E-state index in [1.807, 2.05) is 176 Å². The first-order valence-electron chi connectivity index (χ1n) is 16.1. The summed E-state index contributed by atoms with van der Waals surface area (Å²) < 4.78 is 32.6. The van der Waals surface area contributed by atoms with Crippen molar-refractivity contribution in [2.75, 3.05) is 0 Å². The van der Waals surface area contributed by atoms with E-state index in [9.17, 15) is 4.79 Å². The molecule has 49 heavy (non-hydrogen) atoms. The van der Waals surface area contributed by atoms with E-state index >= 15 is 9.13 Å². The number of aromatic nitrogens is 1. The summed E-state index contributed by atoms with van der Waals surface area (Å²) in [6.45, 7) is 0. The van der Waals surface area contributed by atoms with Gasteiger partial charge in [0.1, 0.15) is 0 Å². The third-order valence-electron chi connectivity index (χ3n) is 9.16. The molecule has 1 aromatic heterocycles. The summed E-state index contributed by atoms with van der Waals surface area (Å²) in [5, 5.41) is 5.74. The van der Waals surface area contributed by atoms with Gasteiger partial charge in [-0.1, -0.05) is 140 Å². The van der Waals surface area contributed by atoms with Crippen LogP contribution >= 0.6 is 14.3 Å². The highest BCUT2D eigenvalue weighted by molar-refractivity contribution is 7.85. The fraction of sp³-hybridized carbons (Fsp3) is 0. The standard InChI is InChI=1S/C43H31NO3P2/c45-43(32-16-6-1-7-17-32)44-41-28-26-37(48(46,33-18-8-2-9-19-33)34-20-10-3-11-21-34)30-39(41)40-31-38(27-29-42(40)44)49(47,35-22-12-4-13-23-35)36-24-14-5-15-25-36/h1-31H. The highest BCUT2D eigenvalue weighted by atomic mass is 31.2. The normalized spacial score (nSPS) is 11.9. The monoisotopic (exact) mass is 671 g/mol. The van der Waals surface area contributed by atoms with E-state index in [1.54, 1.807) is 16.7 Å². The van der Waals surface area contributed by atoms with Gasteiger partial charge in [0.25, 0.3) is 5.91 Å². The third-order valence-corrected chi connectivity index (χ3v) is 15.3. The van der Waals surface area contributed by atoms with Crippen molar-refractivity contribution < 1.29 is 13.9 Å². The van der Waals surface area contributed by atoms with Crippen molar-refractivity contribution in [1.82, 2.24) is 4.57 Å². The number of benzene rings is 7. The van der Waals surface area contributed by atoms with Gasteiger partial charge in [-0.25, -0.2) is 0 Å². The lowest BCUT2D eigenvalue weighted by Crippen LogP contribution is -2.25. The second-order valence-electron chi connectivity index (χ2n) is 12.0. The molecule has 8 aromatic rings. The predicted octanol–water partition coefficient (Wildman–Crippen LogP) is 7.76. The molecule has 6 heteroatoms. The van der Waals surface area contributed by atoms with Crippen LogP contribution in [0.25, 0.3) is 21.8 Å². The highest BCUT2D eigenvalue weighted by Crippen LogP contribution is 2.46. The number of fused-ring (bicyclic) bond motifs is 3. The summed E-state index contributed by atoms with van der Waals surface area (Å²) >= 11 is 0. The van der Waals surface area contributed by atoms with Crippen LogP contribution in [0.1, 0.15) is 10.4 Å². The van der Waals surface area contributed by atoms with Crippen molar-refractivity contribution in [1.29, 1.82) is 0 Å². The van der Waals surface area contributed by atoms with Gasteiger partial charge in [-0.05, 0) is 48.5 Å². The Kier molecular flexibility index (Phi) is 7.85. The Hall–Kier alpha value is -5.53. The molecule has 0 saturated heterocycles. The van der Waals surface area contributed by atoms with E-state index in [0.29, 0.717) is 27.2 Å². The molecule has 0 aliphatic heterocycles. The van der Waals surface area contributed by atoms with Crippen LogP contribution in [0.15, 0.2) is 188 Å². The van der Waals surface area contributed by atoms with Crippen molar-refractivity contribution in [3.05, 3.63) is 194 Å². The van der Waals surface area contributed by atoms with Crippen LogP contribution in [0.5, 0.6) is 0 Å². The summed E-state index contributed by atoms with van der Waals surface area (Å²) in [5.74, 6) is -0.176. The van der Waals surface area contributed by atoms with Crippen LogP contribution in [0.2, 0.25) is 0 Å². The Morgan fingerprint density at radius 1 is 0.367 bits per heavy atom. The summed E-state index contributed by atoms with van der Waals surface area (Å²) in [4.78, 5) is 14.2. The van der Waals surface area contributed by atoms with Gasteiger partial charge in [0.05, 0.1) is 11.0 Å². The van der Waals surface area contributed by atoms with E-state index in [-0.39, 0.29) is 5.91 Å². The minimum absolute atomic E-state index is 0.176. The smallest absolute Gasteiger partial charge is 0.262 e. The molecule has 0 aliphatic carbocycles. The molecule has 236 valence electrons. The van der Waals surface area contributed by atoms with E-state index in [2.05, 4.69) is 0 Å². The Balaban J connectivity index is 1.44. The van der Waals surface area contributed by atoms with E-state index in [1.165, 1.54) is 0 Å². The number of carbonyl (C=O) groups excluding carboxylic acids is 1. The van der Waals surface area contributed by atoms with Crippen molar-refractivity contribution in [3.63, 3.8) is 0 Å². The lowest BCUT2D eigenvalue weighted by atomic mass is 10.1. The van der Waals surface area contributed by atoms with Crippen molar-refractivity contribution in [2.24, 2.45) is 0 Å². The molecule has 0 fully saturated rings. The third kappa shape index (κ3) is 5.13. The van der Waals surface area contributed by atoms with Gasteiger partial charge >= 0.3 is 0 Å². The Labute approximate surface area is 285 Å². The predicted molar refractivity (Wildman–Crippen MR) is 204 cm³/mol. The molecule has 8 rings (SSSR count). The topological polar surface area (TPSA) is 56.1 Å². The molecule has 0 spiro atoms. The molecule has 0 amide bonds. The van der Waals surface area contributed by atoms with Crippen LogP contribution in [-0.4, -0.2) is 10.5 Å². The number of hydrogen-bond donors (Lipinski definition) is 0. The minimum Gasteiger partial charge on any atom is -0.309 e. The summed E-state index contributed by atoms with van der Waals surface area (Å²) in [6.07, 6.45) is 0. The molecular formula is C43H31NO3P2.